The molecule has 2 heterocycles. The van der Waals surface area contributed by atoms with Crippen LogP contribution in [-0.4, -0.2) is 38.9 Å². The van der Waals surface area contributed by atoms with Gasteiger partial charge in [0, 0.05) is 37.8 Å². The molecule has 0 fully saturated rings. The van der Waals surface area contributed by atoms with Gasteiger partial charge in [0.15, 0.2) is 0 Å². The van der Waals surface area contributed by atoms with Crippen molar-refractivity contribution < 1.29 is 14.4 Å². The Morgan fingerprint density at radius 2 is 1.72 bits per heavy atom. The number of nitrogens with one attached hydrogen (secondary N) is 1. The normalized spacial score (nSPS) is 13.3. The third-order valence-electron chi connectivity index (χ3n) is 4.56. The highest BCUT2D eigenvalue weighted by molar-refractivity contribution is 6.21. The lowest BCUT2D eigenvalue weighted by Crippen LogP contribution is -2.34. The highest BCUT2D eigenvalue weighted by Gasteiger charge is 2.34. The van der Waals surface area contributed by atoms with Crippen molar-refractivity contribution in [2.24, 2.45) is 7.05 Å². The van der Waals surface area contributed by atoms with E-state index >= 15 is 0 Å². The number of aromatic nitrogens is 2. The minimum absolute atomic E-state index is 0.0726. The van der Waals surface area contributed by atoms with E-state index in [0.29, 0.717) is 17.7 Å². The van der Waals surface area contributed by atoms with Gasteiger partial charge in [0.1, 0.15) is 0 Å². The van der Waals surface area contributed by atoms with Gasteiger partial charge in [-0.2, -0.15) is 5.10 Å². The minimum atomic E-state index is -0.340. The molecule has 1 aliphatic rings. The maximum atomic E-state index is 12.3. The fourth-order valence-corrected chi connectivity index (χ4v) is 3.00. The summed E-state index contributed by atoms with van der Waals surface area (Å²) in [5, 5.41) is 7.14. The molecule has 0 spiro atoms. The number of imide groups is 1. The van der Waals surface area contributed by atoms with Crippen LogP contribution in [0.5, 0.6) is 0 Å². The smallest absolute Gasteiger partial charge is 0.261 e. The predicted octanol–water partition coefficient (Wildman–Crippen LogP) is 1.34. The van der Waals surface area contributed by atoms with Gasteiger partial charge >= 0.3 is 0 Å². The number of nitrogens with zero attached hydrogens (tertiary/aromatic N) is 3. The Labute approximate surface area is 145 Å². The molecule has 0 saturated carbocycles. The summed E-state index contributed by atoms with van der Waals surface area (Å²) in [6.45, 7) is 4.29. The molecule has 2 aromatic rings. The molecule has 7 heteroatoms. The van der Waals surface area contributed by atoms with Crippen LogP contribution in [0, 0.1) is 13.8 Å². The molecule has 25 heavy (non-hydrogen) atoms. The molecule has 7 nitrogen and oxygen atoms in total. The molecule has 0 radical (unpaired) electrons. The number of carbonyl (C=O) groups excluding carboxylic acids is 3. The topological polar surface area (TPSA) is 84.3 Å². The monoisotopic (exact) mass is 340 g/mol. The molecule has 3 amide bonds. The number of fused-ring (bicyclic) bond motifs is 1. The number of aryl methyl sites for hydroxylation is 2. The second-order valence-electron chi connectivity index (χ2n) is 6.11. The van der Waals surface area contributed by atoms with E-state index in [1.165, 1.54) is 0 Å². The molecule has 1 N–H and O–H groups in total. The zero-order valence-electron chi connectivity index (χ0n) is 14.5. The van der Waals surface area contributed by atoms with E-state index in [2.05, 4.69) is 10.4 Å². The number of hydrogen-bond acceptors (Lipinski definition) is 4. The van der Waals surface area contributed by atoms with Gasteiger partial charge in [-0.1, -0.05) is 12.1 Å². The van der Waals surface area contributed by atoms with Gasteiger partial charge in [-0.3, -0.25) is 24.0 Å². The third kappa shape index (κ3) is 3.05. The zero-order chi connectivity index (χ0) is 18.1. The molecule has 0 aliphatic carbocycles. The van der Waals surface area contributed by atoms with E-state index < -0.39 is 0 Å². The van der Waals surface area contributed by atoms with Gasteiger partial charge in [-0.05, 0) is 26.0 Å². The second-order valence-corrected chi connectivity index (χ2v) is 6.11. The van der Waals surface area contributed by atoms with Gasteiger partial charge in [0.2, 0.25) is 5.91 Å². The fraction of sp³-hybridized carbons (Fsp3) is 0.333. The van der Waals surface area contributed by atoms with Crippen molar-refractivity contribution in [2.75, 3.05) is 6.54 Å². The van der Waals surface area contributed by atoms with Crippen LogP contribution in [0.15, 0.2) is 24.3 Å². The lowest BCUT2D eigenvalue weighted by atomic mass is 10.1. The summed E-state index contributed by atoms with van der Waals surface area (Å²) >= 11 is 0. The highest BCUT2D eigenvalue weighted by Crippen LogP contribution is 2.22. The van der Waals surface area contributed by atoms with Gasteiger partial charge in [-0.15, -0.1) is 0 Å². The molecule has 0 atom stereocenters. The first-order chi connectivity index (χ1) is 11.9. The van der Waals surface area contributed by atoms with Crippen LogP contribution < -0.4 is 5.32 Å². The van der Waals surface area contributed by atoms with E-state index in [1.807, 2.05) is 20.9 Å². The van der Waals surface area contributed by atoms with E-state index in [0.717, 1.165) is 21.9 Å². The minimum Gasteiger partial charge on any atom is -0.352 e. The van der Waals surface area contributed by atoms with Crippen LogP contribution in [-0.2, 0) is 18.4 Å². The van der Waals surface area contributed by atoms with E-state index in [4.69, 9.17) is 0 Å². The van der Waals surface area contributed by atoms with Crippen LogP contribution in [0.25, 0.3) is 0 Å². The summed E-state index contributed by atoms with van der Waals surface area (Å²) in [5.41, 5.74) is 3.65. The van der Waals surface area contributed by atoms with Crippen molar-refractivity contribution in [3.8, 4) is 0 Å². The molecule has 0 bridgehead atoms. The zero-order valence-corrected chi connectivity index (χ0v) is 14.5. The molecular formula is C18H20N4O3. The maximum absolute atomic E-state index is 12.3. The molecule has 1 aromatic heterocycles. The van der Waals surface area contributed by atoms with Crippen LogP contribution in [0.2, 0.25) is 0 Å². The largest absolute Gasteiger partial charge is 0.352 e. The van der Waals surface area contributed by atoms with Crippen molar-refractivity contribution in [2.45, 2.75) is 26.8 Å². The number of amides is 3. The van der Waals surface area contributed by atoms with Gasteiger partial charge in [0.25, 0.3) is 11.8 Å². The molecule has 3 rings (SSSR count). The first kappa shape index (κ1) is 16.9. The predicted molar refractivity (Wildman–Crippen MR) is 91.0 cm³/mol. The lowest BCUT2D eigenvalue weighted by Gasteiger charge is -2.13. The standard InChI is InChI=1S/C18H20N4O3/c1-11-15(12(2)21(3)20-11)10-19-16(23)8-9-22-17(24)13-6-4-5-7-14(13)18(22)25/h4-7H,8-10H2,1-3H3,(H,19,23). The molecular weight excluding hydrogens is 320 g/mol. The Morgan fingerprint density at radius 1 is 1.12 bits per heavy atom. The van der Waals surface area contributed by atoms with E-state index in [-0.39, 0.29) is 30.7 Å². The molecule has 0 saturated heterocycles. The second kappa shape index (κ2) is 6.51. The number of hydrogen-bond donors (Lipinski definition) is 1. The van der Waals surface area contributed by atoms with Gasteiger partial charge < -0.3 is 5.32 Å². The van der Waals surface area contributed by atoms with Crippen LogP contribution in [0.1, 0.15) is 44.1 Å². The fourth-order valence-electron chi connectivity index (χ4n) is 3.00. The van der Waals surface area contributed by atoms with Gasteiger partial charge in [-0.25, -0.2) is 0 Å². The average molecular weight is 340 g/mol. The Bertz CT molecular complexity index is 834. The highest BCUT2D eigenvalue weighted by atomic mass is 16.2. The first-order valence-electron chi connectivity index (χ1n) is 8.11. The summed E-state index contributed by atoms with van der Waals surface area (Å²) in [4.78, 5) is 37.7. The Morgan fingerprint density at radius 3 is 2.24 bits per heavy atom. The van der Waals surface area contributed by atoms with Crippen molar-refractivity contribution in [3.63, 3.8) is 0 Å². The van der Waals surface area contributed by atoms with Crippen molar-refractivity contribution >= 4 is 17.7 Å². The van der Waals surface area contributed by atoms with Crippen molar-refractivity contribution in [1.82, 2.24) is 20.0 Å². The number of carbonyl (C=O) groups is 3. The SMILES string of the molecule is Cc1nn(C)c(C)c1CNC(=O)CCN1C(=O)c2ccccc2C1=O. The quantitative estimate of drug-likeness (QED) is 0.833. The first-order valence-corrected chi connectivity index (χ1v) is 8.11. The van der Waals surface area contributed by atoms with Crippen molar-refractivity contribution in [1.29, 1.82) is 0 Å². The Hall–Kier alpha value is -2.96. The Kier molecular flexibility index (Phi) is 4.39. The summed E-state index contributed by atoms with van der Waals surface area (Å²) in [5.74, 6) is -0.890. The van der Waals surface area contributed by atoms with Crippen LogP contribution in [0.3, 0.4) is 0 Å². The average Bonchev–Trinajstić information content (AvgIpc) is 2.98. The lowest BCUT2D eigenvalue weighted by molar-refractivity contribution is -0.121. The molecule has 0 unspecified atom stereocenters. The number of rotatable bonds is 5. The summed E-state index contributed by atoms with van der Waals surface area (Å²) in [7, 11) is 1.86. The van der Waals surface area contributed by atoms with E-state index in [1.54, 1.807) is 28.9 Å². The summed E-state index contributed by atoms with van der Waals surface area (Å²) < 4.78 is 1.77. The summed E-state index contributed by atoms with van der Waals surface area (Å²) in [6.07, 6.45) is 0.0732. The maximum Gasteiger partial charge on any atom is 0.261 e. The van der Waals surface area contributed by atoms with Gasteiger partial charge in [0.05, 0.1) is 16.8 Å². The van der Waals surface area contributed by atoms with Crippen molar-refractivity contribution in [3.05, 3.63) is 52.3 Å². The molecule has 1 aromatic carbocycles. The van der Waals surface area contributed by atoms with E-state index in [9.17, 15) is 14.4 Å². The molecule has 1 aliphatic heterocycles. The van der Waals surface area contributed by atoms with Crippen LogP contribution in [0.4, 0.5) is 0 Å². The number of benzene rings is 1. The Balaban J connectivity index is 1.57. The molecule has 130 valence electrons. The van der Waals surface area contributed by atoms with Crippen LogP contribution >= 0.6 is 0 Å². The summed E-state index contributed by atoms with van der Waals surface area (Å²) in [6, 6.07) is 6.70. The third-order valence-corrected chi connectivity index (χ3v) is 4.56.